The van der Waals surface area contributed by atoms with Gasteiger partial charge in [0.05, 0.1) is 6.54 Å². The van der Waals surface area contributed by atoms with E-state index in [9.17, 15) is 4.79 Å². The van der Waals surface area contributed by atoms with Crippen molar-refractivity contribution < 1.29 is 4.79 Å². The van der Waals surface area contributed by atoms with Gasteiger partial charge in [0.15, 0.2) is 0 Å². The highest BCUT2D eigenvalue weighted by atomic mass is 79.9. The Balaban J connectivity index is 1.86. The van der Waals surface area contributed by atoms with E-state index in [0.29, 0.717) is 11.6 Å². The molecule has 0 radical (unpaired) electrons. The zero-order valence-electron chi connectivity index (χ0n) is 13.4. The van der Waals surface area contributed by atoms with Gasteiger partial charge < -0.3 is 0 Å². The predicted molar refractivity (Wildman–Crippen MR) is 97.9 cm³/mol. The van der Waals surface area contributed by atoms with Crippen LogP contribution in [-0.4, -0.2) is 22.2 Å². The number of nitrogens with zero attached hydrogens (tertiary/aromatic N) is 2. The van der Waals surface area contributed by atoms with Crippen LogP contribution in [0.4, 0.5) is 0 Å². The first-order valence-electron chi connectivity index (χ1n) is 8.40. The molecule has 1 saturated carbocycles. The largest absolute Gasteiger partial charge is 0.294 e. The average molecular weight is 398 g/mol. The van der Waals surface area contributed by atoms with Gasteiger partial charge in [0.2, 0.25) is 0 Å². The fourth-order valence-corrected chi connectivity index (χ4v) is 4.25. The van der Waals surface area contributed by atoms with E-state index >= 15 is 0 Å². The summed E-state index contributed by atoms with van der Waals surface area (Å²) >= 11 is 9.78. The van der Waals surface area contributed by atoms with Crippen molar-refractivity contribution in [2.24, 2.45) is 4.99 Å². The SMILES string of the molecule is CCCCC1=NC2(CCCC2)C(=O)N1Cc1ccc(Br)cc1Cl. The number of aliphatic imine (C=N–C) groups is 1. The number of hydrogen-bond donors (Lipinski definition) is 0. The van der Waals surface area contributed by atoms with Crippen molar-refractivity contribution in [3.05, 3.63) is 33.3 Å². The minimum absolute atomic E-state index is 0.181. The number of halogens is 2. The van der Waals surface area contributed by atoms with Crippen LogP contribution in [-0.2, 0) is 11.3 Å². The average Bonchev–Trinajstić information content (AvgIpc) is 3.09. The van der Waals surface area contributed by atoms with Gasteiger partial charge >= 0.3 is 0 Å². The molecule has 2 aliphatic rings. The maximum absolute atomic E-state index is 13.0. The molecule has 23 heavy (non-hydrogen) atoms. The normalized spacial score (nSPS) is 19.7. The molecule has 1 aromatic rings. The highest BCUT2D eigenvalue weighted by molar-refractivity contribution is 9.10. The van der Waals surface area contributed by atoms with Crippen molar-refractivity contribution in [1.29, 1.82) is 0 Å². The lowest BCUT2D eigenvalue weighted by molar-refractivity contribution is -0.131. The van der Waals surface area contributed by atoms with Crippen LogP contribution < -0.4 is 0 Å². The van der Waals surface area contributed by atoms with Crippen molar-refractivity contribution in [1.82, 2.24) is 4.90 Å². The zero-order valence-corrected chi connectivity index (χ0v) is 15.8. The minimum Gasteiger partial charge on any atom is -0.294 e. The van der Waals surface area contributed by atoms with Crippen LogP contribution in [0.3, 0.4) is 0 Å². The number of unbranched alkanes of at least 4 members (excludes halogenated alkanes) is 1. The van der Waals surface area contributed by atoms with E-state index in [1.807, 2.05) is 23.1 Å². The third kappa shape index (κ3) is 3.34. The van der Waals surface area contributed by atoms with Crippen molar-refractivity contribution in [3.8, 4) is 0 Å². The predicted octanol–water partition coefficient (Wildman–Crippen LogP) is 5.35. The maximum atomic E-state index is 13.0. The minimum atomic E-state index is -0.467. The Bertz CT molecular complexity index is 638. The third-order valence-electron chi connectivity index (χ3n) is 4.83. The third-order valence-corrected chi connectivity index (χ3v) is 5.67. The molecular weight excluding hydrogens is 376 g/mol. The number of benzene rings is 1. The van der Waals surface area contributed by atoms with Gasteiger partial charge in [0.1, 0.15) is 11.4 Å². The number of amides is 1. The van der Waals surface area contributed by atoms with Gasteiger partial charge in [-0.05, 0) is 37.0 Å². The quantitative estimate of drug-likeness (QED) is 0.659. The maximum Gasteiger partial charge on any atom is 0.256 e. The lowest BCUT2D eigenvalue weighted by Gasteiger charge is -2.23. The first kappa shape index (κ1) is 17.0. The van der Waals surface area contributed by atoms with Gasteiger partial charge in [-0.1, -0.05) is 59.8 Å². The first-order valence-corrected chi connectivity index (χ1v) is 9.57. The first-order chi connectivity index (χ1) is 11.1. The molecule has 1 heterocycles. The van der Waals surface area contributed by atoms with Crippen LogP contribution in [0.15, 0.2) is 27.7 Å². The summed E-state index contributed by atoms with van der Waals surface area (Å²) in [5.41, 5.74) is 0.507. The van der Waals surface area contributed by atoms with E-state index in [1.165, 1.54) is 0 Å². The molecule has 0 bridgehead atoms. The molecule has 0 aromatic heterocycles. The van der Waals surface area contributed by atoms with E-state index in [-0.39, 0.29) is 5.91 Å². The lowest BCUT2D eigenvalue weighted by Crippen LogP contribution is -2.40. The van der Waals surface area contributed by atoms with Gasteiger partial charge in [-0.3, -0.25) is 14.7 Å². The van der Waals surface area contributed by atoms with E-state index in [2.05, 4.69) is 22.9 Å². The number of hydrogen-bond acceptors (Lipinski definition) is 2. The molecule has 0 saturated heterocycles. The van der Waals surface area contributed by atoms with E-state index < -0.39 is 5.54 Å². The monoisotopic (exact) mass is 396 g/mol. The van der Waals surface area contributed by atoms with Crippen LogP contribution in [0.2, 0.25) is 5.02 Å². The highest BCUT2D eigenvalue weighted by Crippen LogP contribution is 2.40. The fourth-order valence-electron chi connectivity index (χ4n) is 3.52. The fraction of sp³-hybridized carbons (Fsp3) is 0.556. The summed E-state index contributed by atoms with van der Waals surface area (Å²) < 4.78 is 0.950. The van der Waals surface area contributed by atoms with Crippen molar-refractivity contribution in [3.63, 3.8) is 0 Å². The molecule has 0 N–H and O–H groups in total. The second-order valence-electron chi connectivity index (χ2n) is 6.50. The number of rotatable bonds is 5. The van der Waals surface area contributed by atoms with Gasteiger partial charge in [0, 0.05) is 15.9 Å². The zero-order chi connectivity index (χ0) is 16.4. The smallest absolute Gasteiger partial charge is 0.256 e. The van der Waals surface area contributed by atoms with Gasteiger partial charge in [-0.15, -0.1) is 0 Å². The van der Waals surface area contributed by atoms with Crippen molar-refractivity contribution in [2.75, 3.05) is 0 Å². The Hall–Kier alpha value is -0.870. The van der Waals surface area contributed by atoms with Gasteiger partial charge in [-0.2, -0.15) is 0 Å². The Labute approximate surface area is 151 Å². The second kappa shape index (κ2) is 6.94. The second-order valence-corrected chi connectivity index (χ2v) is 7.82. The molecule has 1 spiro atoms. The van der Waals surface area contributed by atoms with Crippen LogP contribution in [0.25, 0.3) is 0 Å². The molecule has 1 fully saturated rings. The molecule has 1 aromatic carbocycles. The molecule has 3 rings (SSSR count). The Kier molecular flexibility index (Phi) is 5.12. The summed E-state index contributed by atoms with van der Waals surface area (Å²) in [6.07, 6.45) is 7.03. The van der Waals surface area contributed by atoms with Crippen molar-refractivity contribution >= 4 is 39.3 Å². The van der Waals surface area contributed by atoms with Crippen LogP contribution in [0, 0.1) is 0 Å². The summed E-state index contributed by atoms with van der Waals surface area (Å²) in [5.74, 6) is 1.14. The Morgan fingerprint density at radius 2 is 2.09 bits per heavy atom. The number of carbonyl (C=O) groups excluding carboxylic acids is 1. The molecule has 1 aliphatic heterocycles. The molecule has 0 atom stereocenters. The highest BCUT2D eigenvalue weighted by Gasteiger charge is 2.49. The molecule has 3 nitrogen and oxygen atoms in total. The summed E-state index contributed by atoms with van der Waals surface area (Å²) in [6, 6.07) is 5.83. The molecule has 0 unspecified atom stereocenters. The van der Waals surface area contributed by atoms with Crippen LogP contribution >= 0.6 is 27.5 Å². The lowest BCUT2D eigenvalue weighted by atomic mass is 9.98. The molecule has 1 aliphatic carbocycles. The van der Waals surface area contributed by atoms with Gasteiger partial charge in [0.25, 0.3) is 5.91 Å². The molecule has 124 valence electrons. The van der Waals surface area contributed by atoms with Gasteiger partial charge in [-0.25, -0.2) is 0 Å². The molecule has 5 heteroatoms. The summed E-state index contributed by atoms with van der Waals surface area (Å²) in [5, 5.41) is 0.689. The van der Waals surface area contributed by atoms with Crippen LogP contribution in [0.1, 0.15) is 57.4 Å². The molecule has 1 amide bonds. The van der Waals surface area contributed by atoms with E-state index in [1.54, 1.807) is 0 Å². The van der Waals surface area contributed by atoms with Crippen molar-refractivity contribution in [2.45, 2.75) is 64.0 Å². The number of carbonyl (C=O) groups is 1. The van der Waals surface area contributed by atoms with E-state index in [4.69, 9.17) is 16.6 Å². The van der Waals surface area contributed by atoms with Crippen LogP contribution in [0.5, 0.6) is 0 Å². The summed E-state index contributed by atoms with van der Waals surface area (Å²) in [4.78, 5) is 19.8. The summed E-state index contributed by atoms with van der Waals surface area (Å²) in [7, 11) is 0. The number of amidine groups is 1. The Morgan fingerprint density at radius 1 is 1.35 bits per heavy atom. The summed E-state index contributed by atoms with van der Waals surface area (Å²) in [6.45, 7) is 2.69. The standard InChI is InChI=1S/C18H22BrClN2O/c1-2-3-6-16-21-18(9-4-5-10-18)17(23)22(16)12-13-7-8-14(19)11-15(13)20/h7-8,11H,2-6,9-10,12H2,1H3. The van der Waals surface area contributed by atoms with E-state index in [0.717, 1.165) is 60.8 Å². The topological polar surface area (TPSA) is 32.7 Å². The molecular formula is C18H22BrClN2O. The Morgan fingerprint density at radius 3 is 2.74 bits per heavy atom.